The van der Waals surface area contributed by atoms with Crippen molar-refractivity contribution in [2.24, 2.45) is 0 Å². The maximum Gasteiger partial charge on any atom is 0.262 e. The summed E-state index contributed by atoms with van der Waals surface area (Å²) in [5, 5.41) is 2.65. The second kappa shape index (κ2) is 5.98. The van der Waals surface area contributed by atoms with Crippen molar-refractivity contribution >= 4 is 22.4 Å². The Morgan fingerprint density at radius 1 is 1.32 bits per heavy atom. The van der Waals surface area contributed by atoms with Crippen molar-refractivity contribution in [1.82, 2.24) is 19.4 Å². The zero-order valence-corrected chi connectivity index (χ0v) is 13.7. The van der Waals surface area contributed by atoms with Crippen molar-refractivity contribution in [3.63, 3.8) is 0 Å². The van der Waals surface area contributed by atoms with Gasteiger partial charge in [0.25, 0.3) is 5.56 Å². The van der Waals surface area contributed by atoms with Crippen molar-refractivity contribution < 1.29 is 0 Å². The topological polar surface area (TPSA) is 51.0 Å². The SMILES string of the molecule is Cc1ccsc1C(Cn1cnc2ncccc2c1=O)N(C)C. The quantitative estimate of drug-likeness (QED) is 0.742. The van der Waals surface area contributed by atoms with E-state index >= 15 is 0 Å². The predicted molar refractivity (Wildman–Crippen MR) is 89.3 cm³/mol. The number of pyridine rings is 1. The van der Waals surface area contributed by atoms with Crippen LogP contribution in [0.1, 0.15) is 16.5 Å². The predicted octanol–water partition coefficient (Wildman–Crippen LogP) is 2.46. The number of hydrogen-bond acceptors (Lipinski definition) is 5. The lowest BCUT2D eigenvalue weighted by molar-refractivity contribution is 0.269. The fraction of sp³-hybridized carbons (Fsp3) is 0.312. The summed E-state index contributed by atoms with van der Waals surface area (Å²) in [6, 6.07) is 5.80. The van der Waals surface area contributed by atoms with Crippen LogP contribution in [0.2, 0.25) is 0 Å². The van der Waals surface area contributed by atoms with Gasteiger partial charge in [0.2, 0.25) is 0 Å². The van der Waals surface area contributed by atoms with Gasteiger partial charge in [0.05, 0.1) is 11.4 Å². The molecule has 0 bridgehead atoms. The van der Waals surface area contributed by atoms with E-state index in [1.165, 1.54) is 10.4 Å². The first-order valence-electron chi connectivity index (χ1n) is 7.08. The molecule has 22 heavy (non-hydrogen) atoms. The molecule has 1 atom stereocenters. The zero-order chi connectivity index (χ0) is 15.7. The number of hydrogen-bond donors (Lipinski definition) is 0. The second-order valence-corrected chi connectivity index (χ2v) is 6.47. The fourth-order valence-electron chi connectivity index (χ4n) is 2.52. The Labute approximate surface area is 132 Å². The minimum Gasteiger partial charge on any atom is -0.300 e. The number of aryl methyl sites for hydroxylation is 1. The van der Waals surface area contributed by atoms with E-state index in [4.69, 9.17) is 0 Å². The van der Waals surface area contributed by atoms with Gasteiger partial charge in [-0.2, -0.15) is 0 Å². The first-order chi connectivity index (χ1) is 10.6. The van der Waals surface area contributed by atoms with E-state index in [1.54, 1.807) is 40.6 Å². The molecule has 0 aromatic carbocycles. The summed E-state index contributed by atoms with van der Waals surface area (Å²) >= 11 is 1.72. The van der Waals surface area contributed by atoms with Crippen molar-refractivity contribution in [1.29, 1.82) is 0 Å². The molecule has 5 nitrogen and oxygen atoms in total. The molecule has 0 N–H and O–H groups in total. The molecule has 0 saturated carbocycles. The van der Waals surface area contributed by atoms with Crippen molar-refractivity contribution in [3.8, 4) is 0 Å². The first-order valence-corrected chi connectivity index (χ1v) is 7.96. The molecule has 1 unspecified atom stereocenters. The van der Waals surface area contributed by atoms with Crippen LogP contribution in [0.15, 0.2) is 40.9 Å². The molecule has 0 radical (unpaired) electrons. The van der Waals surface area contributed by atoms with Gasteiger partial charge in [-0.15, -0.1) is 11.3 Å². The zero-order valence-electron chi connectivity index (χ0n) is 12.9. The molecular formula is C16H18N4OS. The molecule has 0 aliphatic heterocycles. The summed E-state index contributed by atoms with van der Waals surface area (Å²) in [6.45, 7) is 2.68. The van der Waals surface area contributed by atoms with Crippen LogP contribution in [0.3, 0.4) is 0 Å². The minimum absolute atomic E-state index is 0.0424. The summed E-state index contributed by atoms with van der Waals surface area (Å²) in [4.78, 5) is 24.5. The maximum absolute atomic E-state index is 12.6. The maximum atomic E-state index is 12.6. The highest BCUT2D eigenvalue weighted by atomic mass is 32.1. The van der Waals surface area contributed by atoms with Gasteiger partial charge in [0, 0.05) is 17.6 Å². The fourth-order valence-corrected chi connectivity index (χ4v) is 3.64. The van der Waals surface area contributed by atoms with E-state index in [-0.39, 0.29) is 11.6 Å². The Kier molecular flexibility index (Phi) is 4.04. The van der Waals surface area contributed by atoms with E-state index in [0.29, 0.717) is 17.6 Å². The van der Waals surface area contributed by atoms with Crippen molar-refractivity contribution in [2.75, 3.05) is 14.1 Å². The molecule has 6 heteroatoms. The normalized spacial score (nSPS) is 12.9. The van der Waals surface area contributed by atoms with E-state index in [1.807, 2.05) is 14.1 Å². The Morgan fingerprint density at radius 2 is 2.14 bits per heavy atom. The van der Waals surface area contributed by atoms with Crippen LogP contribution in [-0.4, -0.2) is 33.5 Å². The molecule has 0 spiro atoms. The summed E-state index contributed by atoms with van der Waals surface area (Å²) in [7, 11) is 4.07. The van der Waals surface area contributed by atoms with Crippen LogP contribution in [0.4, 0.5) is 0 Å². The third kappa shape index (κ3) is 2.67. The molecule has 3 rings (SSSR count). The second-order valence-electron chi connectivity index (χ2n) is 5.52. The van der Waals surface area contributed by atoms with Crippen LogP contribution < -0.4 is 5.56 Å². The van der Waals surface area contributed by atoms with Crippen LogP contribution in [-0.2, 0) is 6.54 Å². The molecule has 3 aromatic rings. The number of rotatable bonds is 4. The molecule has 0 aliphatic carbocycles. The number of fused-ring (bicyclic) bond motifs is 1. The highest BCUT2D eigenvalue weighted by Gasteiger charge is 2.19. The highest BCUT2D eigenvalue weighted by Crippen LogP contribution is 2.28. The molecule has 3 heterocycles. The molecule has 0 aliphatic rings. The van der Waals surface area contributed by atoms with E-state index in [9.17, 15) is 4.79 Å². The lowest BCUT2D eigenvalue weighted by atomic mass is 10.1. The molecular weight excluding hydrogens is 296 g/mol. The smallest absolute Gasteiger partial charge is 0.262 e. The Balaban J connectivity index is 2.02. The Hall–Kier alpha value is -2.05. The van der Waals surface area contributed by atoms with E-state index in [0.717, 1.165) is 0 Å². The lowest BCUT2D eigenvalue weighted by Gasteiger charge is -2.25. The van der Waals surface area contributed by atoms with Gasteiger partial charge in [-0.05, 0) is 50.2 Å². The summed E-state index contributed by atoms with van der Waals surface area (Å²) in [5.41, 5.74) is 1.71. The summed E-state index contributed by atoms with van der Waals surface area (Å²) in [6.07, 6.45) is 3.24. The molecule has 0 fully saturated rings. The molecule has 3 aromatic heterocycles. The lowest BCUT2D eigenvalue weighted by Crippen LogP contribution is -2.30. The monoisotopic (exact) mass is 314 g/mol. The third-order valence-corrected chi connectivity index (χ3v) is 4.91. The van der Waals surface area contributed by atoms with Gasteiger partial charge in [-0.3, -0.25) is 9.36 Å². The van der Waals surface area contributed by atoms with Crippen LogP contribution in [0.5, 0.6) is 0 Å². The minimum atomic E-state index is -0.0424. The average molecular weight is 314 g/mol. The first kappa shape index (κ1) is 14.9. The van der Waals surface area contributed by atoms with Crippen LogP contribution >= 0.6 is 11.3 Å². The van der Waals surface area contributed by atoms with Crippen LogP contribution in [0, 0.1) is 6.92 Å². The number of aromatic nitrogens is 3. The van der Waals surface area contributed by atoms with Gasteiger partial charge >= 0.3 is 0 Å². The summed E-state index contributed by atoms with van der Waals surface area (Å²) in [5.74, 6) is 0. The highest BCUT2D eigenvalue weighted by molar-refractivity contribution is 7.10. The average Bonchev–Trinajstić information content (AvgIpc) is 2.92. The van der Waals surface area contributed by atoms with Crippen molar-refractivity contribution in [2.45, 2.75) is 19.5 Å². The van der Waals surface area contributed by atoms with Gasteiger partial charge in [0.15, 0.2) is 5.65 Å². The summed E-state index contributed by atoms with van der Waals surface area (Å²) < 4.78 is 1.67. The Bertz CT molecular complexity index is 852. The Morgan fingerprint density at radius 3 is 2.82 bits per heavy atom. The van der Waals surface area contributed by atoms with Gasteiger partial charge < -0.3 is 4.90 Å². The van der Waals surface area contributed by atoms with E-state index in [2.05, 4.69) is 33.2 Å². The molecule has 0 amide bonds. The van der Waals surface area contributed by atoms with Gasteiger partial charge in [0.1, 0.15) is 6.33 Å². The standard InChI is InChI=1S/C16H18N4OS/c1-11-6-8-22-14(11)13(19(2)3)9-20-10-18-15-12(16(20)21)5-4-7-17-15/h4-8,10,13H,9H2,1-3H3. The van der Waals surface area contributed by atoms with Gasteiger partial charge in [-0.25, -0.2) is 9.97 Å². The molecule has 114 valence electrons. The third-order valence-electron chi connectivity index (χ3n) is 3.79. The number of nitrogens with zero attached hydrogens (tertiary/aromatic N) is 4. The molecule has 0 saturated heterocycles. The van der Waals surface area contributed by atoms with Gasteiger partial charge in [-0.1, -0.05) is 0 Å². The van der Waals surface area contributed by atoms with E-state index < -0.39 is 0 Å². The van der Waals surface area contributed by atoms with Crippen LogP contribution in [0.25, 0.3) is 11.0 Å². The largest absolute Gasteiger partial charge is 0.300 e. The number of likely N-dealkylation sites (N-methyl/N-ethyl adjacent to an activating group) is 1. The van der Waals surface area contributed by atoms with Crippen molar-refractivity contribution in [3.05, 3.63) is 56.9 Å². The number of thiophene rings is 1.